The maximum Gasteiger partial charge on any atom is 0.312 e. The summed E-state index contributed by atoms with van der Waals surface area (Å²) >= 11 is 0. The molecular weight excluding hydrogens is 224 g/mol. The third-order valence-corrected chi connectivity index (χ3v) is 2.66. The lowest BCUT2D eigenvalue weighted by atomic mass is 9.83. The molecule has 1 fully saturated rings. The smallest absolute Gasteiger partial charge is 0.312 e. The Hall–Kier alpha value is -1.27. The van der Waals surface area contributed by atoms with Crippen LogP contribution in [0.4, 0.5) is 8.78 Å². The van der Waals surface area contributed by atoms with E-state index in [1.807, 2.05) is 0 Å². The molecule has 0 aromatic carbocycles. The fourth-order valence-electron chi connectivity index (χ4n) is 1.80. The van der Waals surface area contributed by atoms with Crippen LogP contribution in [0, 0.1) is 16.0 Å². The Morgan fingerprint density at radius 1 is 1.44 bits per heavy atom. The summed E-state index contributed by atoms with van der Waals surface area (Å²) < 4.78 is 31.1. The van der Waals surface area contributed by atoms with Crippen LogP contribution in [-0.2, 0) is 9.53 Å². The average Bonchev–Trinajstić information content (AvgIpc) is 2.17. The van der Waals surface area contributed by atoms with E-state index < -0.39 is 48.0 Å². The van der Waals surface area contributed by atoms with Gasteiger partial charge in [-0.3, -0.25) is 14.9 Å². The van der Waals surface area contributed by atoms with Gasteiger partial charge in [0.2, 0.25) is 6.04 Å². The molecule has 0 aromatic rings. The standard InChI is InChI=1S/C9H13F2NO4/c1-2-16-9(13)5-3-8(12(14)15)7(11)4-6(5)10/h5-8H,2-4H2,1H3. The molecule has 0 aromatic heterocycles. The van der Waals surface area contributed by atoms with Crippen LogP contribution in [0.15, 0.2) is 0 Å². The van der Waals surface area contributed by atoms with Crippen molar-refractivity contribution in [2.75, 3.05) is 6.61 Å². The largest absolute Gasteiger partial charge is 0.466 e. The van der Waals surface area contributed by atoms with E-state index >= 15 is 0 Å². The predicted molar refractivity (Wildman–Crippen MR) is 49.9 cm³/mol. The van der Waals surface area contributed by atoms with Crippen molar-refractivity contribution < 1.29 is 23.2 Å². The molecule has 4 unspecified atom stereocenters. The van der Waals surface area contributed by atoms with Crippen molar-refractivity contribution in [2.45, 2.75) is 38.2 Å². The highest BCUT2D eigenvalue weighted by atomic mass is 19.1. The van der Waals surface area contributed by atoms with Gasteiger partial charge < -0.3 is 4.74 Å². The molecule has 16 heavy (non-hydrogen) atoms. The van der Waals surface area contributed by atoms with Crippen molar-refractivity contribution in [3.05, 3.63) is 10.1 Å². The topological polar surface area (TPSA) is 69.4 Å². The first-order valence-electron chi connectivity index (χ1n) is 5.05. The zero-order chi connectivity index (χ0) is 12.3. The van der Waals surface area contributed by atoms with Gasteiger partial charge >= 0.3 is 5.97 Å². The van der Waals surface area contributed by atoms with Crippen LogP contribution in [0.2, 0.25) is 0 Å². The third-order valence-electron chi connectivity index (χ3n) is 2.66. The number of ether oxygens (including phenoxy) is 1. The Balaban J connectivity index is 2.71. The summed E-state index contributed by atoms with van der Waals surface area (Å²) in [6.07, 6.45) is -4.59. The minimum Gasteiger partial charge on any atom is -0.466 e. The van der Waals surface area contributed by atoms with Gasteiger partial charge in [0.15, 0.2) is 6.17 Å². The number of carbonyl (C=O) groups is 1. The van der Waals surface area contributed by atoms with Gasteiger partial charge in [0, 0.05) is 17.8 Å². The quantitative estimate of drug-likeness (QED) is 0.421. The van der Waals surface area contributed by atoms with Crippen LogP contribution in [0.1, 0.15) is 19.8 Å². The highest BCUT2D eigenvalue weighted by Crippen LogP contribution is 2.31. The van der Waals surface area contributed by atoms with E-state index in [9.17, 15) is 23.7 Å². The molecule has 5 nitrogen and oxygen atoms in total. The monoisotopic (exact) mass is 237 g/mol. The zero-order valence-corrected chi connectivity index (χ0v) is 8.77. The fourth-order valence-corrected chi connectivity index (χ4v) is 1.80. The minimum atomic E-state index is -1.84. The Bertz CT molecular complexity index is 287. The maximum absolute atomic E-state index is 13.3. The van der Waals surface area contributed by atoms with Crippen molar-refractivity contribution in [1.82, 2.24) is 0 Å². The number of nitro groups is 1. The molecule has 0 heterocycles. The number of rotatable bonds is 3. The molecule has 1 aliphatic carbocycles. The summed E-state index contributed by atoms with van der Waals surface area (Å²) in [4.78, 5) is 21.0. The van der Waals surface area contributed by atoms with Crippen LogP contribution in [0.5, 0.6) is 0 Å². The molecular formula is C9H13F2NO4. The number of alkyl halides is 2. The highest BCUT2D eigenvalue weighted by molar-refractivity contribution is 5.73. The molecule has 1 rings (SSSR count). The van der Waals surface area contributed by atoms with Crippen LogP contribution in [-0.4, -0.2) is 35.9 Å². The van der Waals surface area contributed by atoms with E-state index in [1.165, 1.54) is 0 Å². The van der Waals surface area contributed by atoms with Gasteiger partial charge in [-0.1, -0.05) is 0 Å². The lowest BCUT2D eigenvalue weighted by Crippen LogP contribution is -2.45. The van der Waals surface area contributed by atoms with E-state index in [0.717, 1.165) is 0 Å². The SMILES string of the molecule is CCOC(=O)C1CC([N+](=O)[O-])C(F)CC1F. The van der Waals surface area contributed by atoms with Crippen molar-refractivity contribution in [3.63, 3.8) is 0 Å². The zero-order valence-electron chi connectivity index (χ0n) is 8.77. The number of halogens is 2. The summed E-state index contributed by atoms with van der Waals surface area (Å²) in [6.45, 7) is 1.63. The van der Waals surface area contributed by atoms with Crippen molar-refractivity contribution in [2.24, 2.45) is 5.92 Å². The van der Waals surface area contributed by atoms with Crippen molar-refractivity contribution in [1.29, 1.82) is 0 Å². The fraction of sp³-hybridized carbons (Fsp3) is 0.889. The van der Waals surface area contributed by atoms with Crippen LogP contribution >= 0.6 is 0 Å². The summed E-state index contributed by atoms with van der Waals surface area (Å²) in [5, 5.41) is 10.5. The number of hydrogen-bond donors (Lipinski definition) is 0. The summed E-state index contributed by atoms with van der Waals surface area (Å²) in [5.74, 6) is -2.05. The van der Waals surface area contributed by atoms with Crippen molar-refractivity contribution in [3.8, 4) is 0 Å². The molecule has 0 aliphatic heterocycles. The number of carbonyl (C=O) groups excluding carboxylic acids is 1. The third kappa shape index (κ3) is 2.65. The second-order valence-electron chi connectivity index (χ2n) is 3.71. The van der Waals surface area contributed by atoms with Gasteiger partial charge in [0.1, 0.15) is 6.17 Å². The first-order valence-corrected chi connectivity index (χ1v) is 5.05. The van der Waals surface area contributed by atoms with E-state index in [2.05, 4.69) is 4.74 Å². The van der Waals surface area contributed by atoms with Gasteiger partial charge in [0.05, 0.1) is 12.5 Å². The first kappa shape index (κ1) is 12.8. The van der Waals surface area contributed by atoms with Gasteiger partial charge in [-0.15, -0.1) is 0 Å². The van der Waals surface area contributed by atoms with E-state index in [4.69, 9.17) is 0 Å². The normalized spacial score (nSPS) is 34.4. The van der Waals surface area contributed by atoms with E-state index in [0.29, 0.717) is 0 Å². The minimum absolute atomic E-state index is 0.0736. The lowest BCUT2D eigenvalue weighted by molar-refractivity contribution is -0.536. The molecule has 1 aliphatic rings. The Kier molecular flexibility index (Phi) is 4.14. The molecule has 0 amide bonds. The van der Waals surface area contributed by atoms with Crippen LogP contribution < -0.4 is 0 Å². The Morgan fingerprint density at radius 2 is 2.06 bits per heavy atom. The molecule has 92 valence electrons. The van der Waals surface area contributed by atoms with Gasteiger partial charge in [-0.25, -0.2) is 8.78 Å². The summed E-state index contributed by atoms with van der Waals surface area (Å²) in [6, 6.07) is -1.51. The van der Waals surface area contributed by atoms with E-state index in [-0.39, 0.29) is 6.61 Å². The van der Waals surface area contributed by atoms with Crippen LogP contribution in [0.3, 0.4) is 0 Å². The second-order valence-corrected chi connectivity index (χ2v) is 3.71. The molecule has 0 bridgehead atoms. The van der Waals surface area contributed by atoms with Gasteiger partial charge in [-0.2, -0.15) is 0 Å². The summed E-state index contributed by atoms with van der Waals surface area (Å²) in [5.41, 5.74) is 0. The molecule has 4 atom stereocenters. The maximum atomic E-state index is 13.3. The second kappa shape index (κ2) is 5.18. The van der Waals surface area contributed by atoms with Crippen LogP contribution in [0.25, 0.3) is 0 Å². The number of nitrogens with zero attached hydrogens (tertiary/aromatic N) is 1. The molecule has 0 radical (unpaired) electrons. The molecule has 7 heteroatoms. The predicted octanol–water partition coefficient (Wildman–Crippen LogP) is 1.28. The Morgan fingerprint density at radius 3 is 2.56 bits per heavy atom. The molecule has 0 saturated heterocycles. The van der Waals surface area contributed by atoms with Gasteiger partial charge in [-0.05, 0) is 6.92 Å². The highest BCUT2D eigenvalue weighted by Gasteiger charge is 2.47. The molecule has 0 N–H and O–H groups in total. The van der Waals surface area contributed by atoms with Gasteiger partial charge in [0.25, 0.3) is 0 Å². The number of hydrogen-bond acceptors (Lipinski definition) is 4. The van der Waals surface area contributed by atoms with Crippen molar-refractivity contribution >= 4 is 5.97 Å². The first-order chi connectivity index (χ1) is 7.47. The molecule has 0 spiro atoms. The number of esters is 1. The van der Waals surface area contributed by atoms with E-state index in [1.54, 1.807) is 6.92 Å². The molecule has 1 saturated carbocycles. The Labute approximate surface area is 90.9 Å². The average molecular weight is 237 g/mol. The summed E-state index contributed by atoms with van der Waals surface area (Å²) in [7, 11) is 0. The lowest BCUT2D eigenvalue weighted by Gasteiger charge is -2.28.